The Balaban J connectivity index is 1.89. The highest BCUT2D eigenvalue weighted by molar-refractivity contribution is 6.24. The first-order chi connectivity index (χ1) is 14.3. The number of rotatable bonds is 4. The van der Waals surface area contributed by atoms with Crippen molar-refractivity contribution in [2.24, 2.45) is 7.05 Å². The molecule has 1 aliphatic carbocycles. The first-order valence-electron chi connectivity index (χ1n) is 9.42. The Hall–Kier alpha value is -3.27. The molecule has 1 saturated heterocycles. The Labute approximate surface area is 169 Å². The molecule has 10 heteroatoms. The lowest BCUT2D eigenvalue weighted by Gasteiger charge is -2.16. The molecule has 0 unspecified atom stereocenters. The van der Waals surface area contributed by atoms with Crippen LogP contribution in [0.2, 0.25) is 0 Å². The molecule has 9 nitrogen and oxygen atoms in total. The van der Waals surface area contributed by atoms with Gasteiger partial charge in [-0.05, 0) is 19.8 Å². The van der Waals surface area contributed by atoms with Crippen LogP contribution in [0.5, 0.6) is 0 Å². The maximum atomic E-state index is 14.4. The van der Waals surface area contributed by atoms with E-state index in [2.05, 4.69) is 0 Å². The first kappa shape index (κ1) is 20.0. The number of ketones is 2. The number of nitrogens with zero attached hydrogens (tertiary/aromatic N) is 3. The van der Waals surface area contributed by atoms with E-state index >= 15 is 0 Å². The summed E-state index contributed by atoms with van der Waals surface area (Å²) in [5.74, 6) is -2.20. The molecular formula is C20H20FN3O6. The highest BCUT2D eigenvalue weighted by atomic mass is 19.1. The van der Waals surface area contributed by atoms with E-state index in [0.29, 0.717) is 25.1 Å². The Morgan fingerprint density at radius 1 is 1.27 bits per heavy atom. The van der Waals surface area contributed by atoms with Crippen LogP contribution in [0.25, 0.3) is 0 Å². The molecule has 0 aromatic carbocycles. The first-order valence-corrected chi connectivity index (χ1v) is 9.42. The van der Waals surface area contributed by atoms with Gasteiger partial charge in [-0.15, -0.1) is 0 Å². The summed E-state index contributed by atoms with van der Waals surface area (Å²) in [7, 11) is 2.88. The molecule has 1 atom stereocenters. The van der Waals surface area contributed by atoms with Gasteiger partial charge in [-0.25, -0.2) is 4.79 Å². The van der Waals surface area contributed by atoms with Crippen LogP contribution in [0.4, 0.5) is 4.39 Å². The van der Waals surface area contributed by atoms with Gasteiger partial charge < -0.3 is 14.0 Å². The fourth-order valence-electron chi connectivity index (χ4n) is 3.99. The van der Waals surface area contributed by atoms with Gasteiger partial charge in [-0.1, -0.05) is 0 Å². The third-order valence-electron chi connectivity index (χ3n) is 5.67. The van der Waals surface area contributed by atoms with Crippen LogP contribution < -0.4 is 11.2 Å². The van der Waals surface area contributed by atoms with Crippen molar-refractivity contribution in [1.82, 2.24) is 13.7 Å². The summed E-state index contributed by atoms with van der Waals surface area (Å²) in [6.45, 7) is 1.72. The van der Waals surface area contributed by atoms with Crippen molar-refractivity contribution < 1.29 is 23.5 Å². The molecule has 0 saturated carbocycles. The Morgan fingerprint density at radius 3 is 2.63 bits per heavy atom. The molecule has 30 heavy (non-hydrogen) atoms. The van der Waals surface area contributed by atoms with Crippen molar-refractivity contribution in [3.8, 4) is 0 Å². The van der Waals surface area contributed by atoms with Crippen LogP contribution in [0, 0.1) is 12.7 Å². The van der Waals surface area contributed by atoms with E-state index in [1.807, 2.05) is 0 Å². The van der Waals surface area contributed by atoms with E-state index in [9.17, 15) is 23.6 Å². The van der Waals surface area contributed by atoms with E-state index in [0.717, 1.165) is 21.4 Å². The zero-order valence-electron chi connectivity index (χ0n) is 16.7. The Kier molecular flexibility index (Phi) is 4.81. The Morgan fingerprint density at radius 2 is 2.00 bits per heavy atom. The minimum atomic E-state index is -1.11. The molecule has 2 aromatic rings. The largest absolute Gasteiger partial charge is 0.492 e. The van der Waals surface area contributed by atoms with Crippen LogP contribution in [-0.2, 0) is 23.1 Å². The zero-order valence-corrected chi connectivity index (χ0v) is 16.7. The van der Waals surface area contributed by atoms with Gasteiger partial charge in [0.05, 0.1) is 25.4 Å². The minimum absolute atomic E-state index is 0.0542. The number of Topliss-reactive ketones (excluding diaryl/α,β-unsaturated/α-hetero) is 1. The fourth-order valence-corrected chi connectivity index (χ4v) is 3.99. The normalized spacial score (nSPS) is 18.5. The standard InChI is InChI=1S/C20H20FN3O6/c1-10-11(16-17(22(10)2)13(25)7-14(29-3)18(16)26)8-24-19(27)12(21)9-23(20(24)28)15-5-4-6-30-15/h7,9,15H,4-6,8H2,1-3H3/t15-/m1/s1. The summed E-state index contributed by atoms with van der Waals surface area (Å²) in [6, 6.07) is 0. The summed E-state index contributed by atoms with van der Waals surface area (Å²) in [5.41, 5.74) is -0.870. The summed E-state index contributed by atoms with van der Waals surface area (Å²) < 4.78 is 28.1. The van der Waals surface area contributed by atoms with E-state index in [4.69, 9.17) is 9.47 Å². The predicted octanol–water partition coefficient (Wildman–Crippen LogP) is 1.06. The topological polar surface area (TPSA) is 102 Å². The van der Waals surface area contributed by atoms with Gasteiger partial charge in [0.25, 0.3) is 5.56 Å². The summed E-state index contributed by atoms with van der Waals surface area (Å²) in [5, 5.41) is 0. The average Bonchev–Trinajstić information content (AvgIpc) is 3.33. The van der Waals surface area contributed by atoms with E-state index < -0.39 is 34.9 Å². The Bertz CT molecular complexity index is 1230. The zero-order chi connectivity index (χ0) is 21.7. The molecule has 0 spiro atoms. The van der Waals surface area contributed by atoms with Gasteiger partial charge in [0, 0.05) is 31.0 Å². The van der Waals surface area contributed by atoms with E-state index in [1.54, 1.807) is 14.0 Å². The number of hydrogen-bond acceptors (Lipinski definition) is 6. The smallest absolute Gasteiger partial charge is 0.333 e. The van der Waals surface area contributed by atoms with Gasteiger partial charge >= 0.3 is 5.69 Å². The second-order valence-corrected chi connectivity index (χ2v) is 7.28. The molecule has 0 amide bonds. The molecule has 0 bridgehead atoms. The highest BCUT2D eigenvalue weighted by Gasteiger charge is 2.34. The molecule has 1 fully saturated rings. The molecule has 158 valence electrons. The number of methoxy groups -OCH3 is 1. The number of allylic oxidation sites excluding steroid dienone is 2. The van der Waals surface area contributed by atoms with Crippen molar-refractivity contribution in [3.05, 3.63) is 67.2 Å². The molecule has 3 heterocycles. The quantitative estimate of drug-likeness (QED) is 0.737. The molecule has 0 N–H and O–H groups in total. The molecule has 4 rings (SSSR count). The van der Waals surface area contributed by atoms with E-state index in [-0.39, 0.29) is 29.1 Å². The van der Waals surface area contributed by atoms with Gasteiger partial charge in [-0.3, -0.25) is 23.5 Å². The monoisotopic (exact) mass is 417 g/mol. The third-order valence-corrected chi connectivity index (χ3v) is 5.67. The second kappa shape index (κ2) is 7.21. The van der Waals surface area contributed by atoms with E-state index in [1.165, 1.54) is 11.7 Å². The van der Waals surface area contributed by atoms with Crippen molar-refractivity contribution in [2.45, 2.75) is 32.5 Å². The average molecular weight is 417 g/mol. The number of aromatic nitrogens is 3. The summed E-state index contributed by atoms with van der Waals surface area (Å²) >= 11 is 0. The van der Waals surface area contributed by atoms with Gasteiger partial charge in [0.1, 0.15) is 11.9 Å². The highest BCUT2D eigenvalue weighted by Crippen LogP contribution is 2.30. The summed E-state index contributed by atoms with van der Waals surface area (Å²) in [6.07, 6.45) is 2.53. The number of halogens is 1. The minimum Gasteiger partial charge on any atom is -0.492 e. The lowest BCUT2D eigenvalue weighted by Crippen LogP contribution is -2.43. The van der Waals surface area contributed by atoms with Crippen LogP contribution in [0.15, 0.2) is 27.6 Å². The van der Waals surface area contributed by atoms with Gasteiger partial charge in [0.2, 0.25) is 17.4 Å². The maximum Gasteiger partial charge on any atom is 0.333 e. The third kappa shape index (κ3) is 2.86. The fraction of sp³-hybridized carbons (Fsp3) is 0.400. The molecular weight excluding hydrogens is 397 g/mol. The number of ether oxygens (including phenoxy) is 2. The molecule has 0 radical (unpaired) electrons. The molecule has 1 aliphatic heterocycles. The number of carbonyl (C=O) groups excluding carboxylic acids is 2. The molecule has 2 aromatic heterocycles. The maximum absolute atomic E-state index is 14.4. The van der Waals surface area contributed by atoms with Crippen LogP contribution in [0.3, 0.4) is 0 Å². The van der Waals surface area contributed by atoms with Gasteiger partial charge in [0.15, 0.2) is 5.76 Å². The van der Waals surface area contributed by atoms with Crippen LogP contribution in [-0.4, -0.2) is 39.0 Å². The second-order valence-electron chi connectivity index (χ2n) is 7.28. The lowest BCUT2D eigenvalue weighted by atomic mass is 9.96. The lowest BCUT2D eigenvalue weighted by molar-refractivity contribution is 0.0504. The number of hydrogen-bond donors (Lipinski definition) is 0. The van der Waals surface area contributed by atoms with Crippen molar-refractivity contribution >= 4 is 11.6 Å². The molecule has 2 aliphatic rings. The van der Waals surface area contributed by atoms with Crippen molar-refractivity contribution in [3.63, 3.8) is 0 Å². The number of carbonyl (C=O) groups is 2. The van der Waals surface area contributed by atoms with Crippen LogP contribution >= 0.6 is 0 Å². The van der Waals surface area contributed by atoms with Crippen LogP contribution in [0.1, 0.15) is 51.2 Å². The van der Waals surface area contributed by atoms with Gasteiger partial charge in [-0.2, -0.15) is 4.39 Å². The van der Waals surface area contributed by atoms with Crippen molar-refractivity contribution in [2.75, 3.05) is 13.7 Å². The SMILES string of the molecule is COC1=CC(=O)c2c(c(Cn3c(=O)c(F)cn([C@H]4CCCO4)c3=O)c(C)n2C)C1=O. The number of fused-ring (bicyclic) bond motifs is 1. The predicted molar refractivity (Wildman–Crippen MR) is 102 cm³/mol. The van der Waals surface area contributed by atoms with Crippen molar-refractivity contribution in [1.29, 1.82) is 0 Å². The summed E-state index contributed by atoms with van der Waals surface area (Å²) in [4.78, 5) is 50.8.